The summed E-state index contributed by atoms with van der Waals surface area (Å²) < 4.78 is 10.9. The second-order valence-electron chi connectivity index (χ2n) is 4.66. The van der Waals surface area contributed by atoms with Gasteiger partial charge in [0.15, 0.2) is 10.4 Å². The molecule has 1 amide bonds. The third-order valence-corrected chi connectivity index (χ3v) is 4.48. The van der Waals surface area contributed by atoms with Gasteiger partial charge in [0.2, 0.25) is 0 Å². The van der Waals surface area contributed by atoms with Gasteiger partial charge in [-0.2, -0.15) is 0 Å². The van der Waals surface area contributed by atoms with Crippen molar-refractivity contribution in [1.82, 2.24) is 10.3 Å². The molecule has 7 heteroatoms. The van der Waals surface area contributed by atoms with Crippen LogP contribution in [0.25, 0.3) is 10.6 Å². The van der Waals surface area contributed by atoms with Crippen molar-refractivity contribution in [3.63, 3.8) is 0 Å². The average molecular weight is 393 g/mol. The van der Waals surface area contributed by atoms with Gasteiger partial charge in [-0.1, -0.05) is 0 Å². The summed E-state index contributed by atoms with van der Waals surface area (Å²) in [6.07, 6.45) is 0. The number of hydrogen-bond acceptors (Lipinski definition) is 5. The molecule has 0 saturated heterocycles. The standard InChI is InChI=1S/C16H13BrN2O3S/c1-21-12-4-2-10(3-5-12)16-19-11(9-23-16)8-18-15(20)13-6-7-14(17)22-13/h2-7,9H,8H2,1H3,(H,18,20). The van der Waals surface area contributed by atoms with Crippen LogP contribution < -0.4 is 10.1 Å². The lowest BCUT2D eigenvalue weighted by atomic mass is 10.2. The summed E-state index contributed by atoms with van der Waals surface area (Å²) in [7, 11) is 1.64. The number of hydrogen-bond donors (Lipinski definition) is 1. The van der Waals surface area contributed by atoms with E-state index in [1.807, 2.05) is 29.6 Å². The number of thiazole rings is 1. The third-order valence-electron chi connectivity index (χ3n) is 3.12. The van der Waals surface area contributed by atoms with Crippen LogP contribution in [0.5, 0.6) is 5.75 Å². The molecular formula is C16H13BrN2O3S. The molecule has 0 radical (unpaired) electrons. The third kappa shape index (κ3) is 3.80. The van der Waals surface area contributed by atoms with Crippen LogP contribution in [0.3, 0.4) is 0 Å². The van der Waals surface area contributed by atoms with Crippen LogP contribution in [0.2, 0.25) is 0 Å². The number of benzene rings is 1. The Labute approximate surface area is 145 Å². The molecule has 0 saturated carbocycles. The van der Waals surface area contributed by atoms with E-state index in [1.54, 1.807) is 19.2 Å². The minimum absolute atomic E-state index is 0.266. The summed E-state index contributed by atoms with van der Waals surface area (Å²) in [4.78, 5) is 16.4. The number of halogens is 1. The number of methoxy groups -OCH3 is 1. The molecule has 2 aromatic heterocycles. The quantitative estimate of drug-likeness (QED) is 0.709. The van der Waals surface area contributed by atoms with Crippen molar-refractivity contribution in [1.29, 1.82) is 0 Å². The number of ether oxygens (including phenoxy) is 1. The normalized spacial score (nSPS) is 10.5. The second kappa shape index (κ2) is 6.97. The molecule has 118 valence electrons. The molecule has 0 bridgehead atoms. The van der Waals surface area contributed by atoms with Gasteiger partial charge in [-0.05, 0) is 52.3 Å². The number of carbonyl (C=O) groups excluding carboxylic acids is 1. The Balaban J connectivity index is 1.63. The van der Waals surface area contributed by atoms with Crippen LogP contribution in [0.4, 0.5) is 0 Å². The highest BCUT2D eigenvalue weighted by Crippen LogP contribution is 2.25. The summed E-state index contributed by atoms with van der Waals surface area (Å²) in [5, 5.41) is 5.61. The van der Waals surface area contributed by atoms with Gasteiger partial charge in [-0.3, -0.25) is 4.79 Å². The number of rotatable bonds is 5. The zero-order chi connectivity index (χ0) is 16.2. The number of nitrogens with zero attached hydrogens (tertiary/aromatic N) is 1. The van der Waals surface area contributed by atoms with Gasteiger partial charge in [-0.25, -0.2) is 4.98 Å². The molecule has 0 atom stereocenters. The fraction of sp³-hybridized carbons (Fsp3) is 0.125. The summed E-state index contributed by atoms with van der Waals surface area (Å²) in [5.74, 6) is 0.805. The maximum atomic E-state index is 11.9. The molecule has 2 heterocycles. The van der Waals surface area contributed by atoms with Crippen LogP contribution in [-0.2, 0) is 6.54 Å². The predicted molar refractivity (Wildman–Crippen MR) is 91.7 cm³/mol. The minimum Gasteiger partial charge on any atom is -0.497 e. The van der Waals surface area contributed by atoms with Gasteiger partial charge in [0.05, 0.1) is 19.3 Å². The molecule has 0 unspecified atom stereocenters. The highest BCUT2D eigenvalue weighted by molar-refractivity contribution is 9.10. The number of furan rings is 1. The molecule has 3 rings (SSSR count). The molecule has 1 aromatic carbocycles. The maximum Gasteiger partial charge on any atom is 0.287 e. The van der Waals surface area contributed by atoms with E-state index in [1.165, 1.54) is 11.3 Å². The number of aromatic nitrogens is 1. The summed E-state index contributed by atoms with van der Waals surface area (Å²) >= 11 is 4.70. The van der Waals surface area contributed by atoms with Crippen molar-refractivity contribution in [2.75, 3.05) is 7.11 Å². The fourth-order valence-corrected chi connectivity index (χ4v) is 3.08. The fourth-order valence-electron chi connectivity index (χ4n) is 1.95. The number of nitrogens with one attached hydrogen (secondary N) is 1. The van der Waals surface area contributed by atoms with Crippen molar-refractivity contribution in [2.24, 2.45) is 0 Å². The lowest BCUT2D eigenvalue weighted by molar-refractivity contribution is 0.0921. The van der Waals surface area contributed by atoms with Gasteiger partial charge in [0.1, 0.15) is 10.8 Å². The highest BCUT2D eigenvalue weighted by Gasteiger charge is 2.11. The average Bonchev–Trinajstić information content (AvgIpc) is 3.22. The Bertz CT molecular complexity index is 811. The summed E-state index contributed by atoms with van der Waals surface area (Å²) in [5.41, 5.74) is 1.82. The molecule has 0 aliphatic heterocycles. The summed E-state index contributed by atoms with van der Waals surface area (Å²) in [6, 6.07) is 11.0. The Kier molecular flexibility index (Phi) is 4.78. The molecule has 0 spiro atoms. The molecular weight excluding hydrogens is 380 g/mol. The SMILES string of the molecule is COc1ccc(-c2nc(CNC(=O)c3ccc(Br)o3)cs2)cc1. The Morgan fingerprint density at radius 3 is 2.74 bits per heavy atom. The van der Waals surface area contributed by atoms with Crippen molar-refractivity contribution < 1.29 is 13.9 Å². The van der Waals surface area contributed by atoms with Gasteiger partial charge in [0, 0.05) is 10.9 Å². The lowest BCUT2D eigenvalue weighted by Crippen LogP contribution is -2.22. The van der Waals surface area contributed by atoms with Crippen LogP contribution in [0.15, 0.2) is 50.9 Å². The molecule has 0 aliphatic carbocycles. The first-order valence-corrected chi connectivity index (χ1v) is 8.45. The lowest BCUT2D eigenvalue weighted by Gasteiger charge is -2.01. The first-order chi connectivity index (χ1) is 11.2. The smallest absolute Gasteiger partial charge is 0.287 e. The Morgan fingerprint density at radius 1 is 1.30 bits per heavy atom. The van der Waals surface area contributed by atoms with Crippen LogP contribution in [0, 0.1) is 0 Å². The minimum atomic E-state index is -0.269. The monoisotopic (exact) mass is 392 g/mol. The van der Waals surface area contributed by atoms with Crippen LogP contribution in [-0.4, -0.2) is 18.0 Å². The molecule has 0 fully saturated rings. The molecule has 23 heavy (non-hydrogen) atoms. The van der Waals surface area contributed by atoms with Crippen molar-refractivity contribution in [2.45, 2.75) is 6.54 Å². The van der Waals surface area contributed by atoms with Crippen LogP contribution in [0.1, 0.15) is 16.2 Å². The van der Waals surface area contributed by atoms with E-state index < -0.39 is 0 Å². The maximum absolute atomic E-state index is 11.9. The predicted octanol–water partition coefficient (Wildman–Crippen LogP) is 4.10. The first-order valence-electron chi connectivity index (χ1n) is 6.78. The first kappa shape index (κ1) is 15.8. The van der Waals surface area contributed by atoms with E-state index in [9.17, 15) is 4.79 Å². The summed E-state index contributed by atoms with van der Waals surface area (Å²) in [6.45, 7) is 0.351. The van der Waals surface area contributed by atoms with Crippen LogP contribution >= 0.6 is 27.3 Å². The van der Waals surface area contributed by atoms with Crippen molar-refractivity contribution >= 4 is 33.2 Å². The largest absolute Gasteiger partial charge is 0.497 e. The van der Waals surface area contributed by atoms with Gasteiger partial charge >= 0.3 is 0 Å². The van der Waals surface area contributed by atoms with E-state index >= 15 is 0 Å². The Hall–Kier alpha value is -2.12. The molecule has 5 nitrogen and oxygen atoms in total. The van der Waals surface area contributed by atoms with Gasteiger partial charge < -0.3 is 14.5 Å². The van der Waals surface area contributed by atoms with Gasteiger partial charge in [-0.15, -0.1) is 11.3 Å². The molecule has 3 aromatic rings. The van der Waals surface area contributed by atoms with Crippen molar-refractivity contribution in [3.05, 3.63) is 57.9 Å². The van der Waals surface area contributed by atoms with E-state index in [2.05, 4.69) is 26.2 Å². The Morgan fingerprint density at radius 2 is 2.09 bits per heavy atom. The van der Waals surface area contributed by atoms with Crippen molar-refractivity contribution in [3.8, 4) is 16.3 Å². The number of carbonyl (C=O) groups is 1. The molecule has 1 N–H and O–H groups in total. The van der Waals surface area contributed by atoms with E-state index in [0.717, 1.165) is 22.0 Å². The van der Waals surface area contributed by atoms with E-state index in [-0.39, 0.29) is 11.7 Å². The number of amides is 1. The molecule has 0 aliphatic rings. The van der Waals surface area contributed by atoms with E-state index in [0.29, 0.717) is 11.2 Å². The zero-order valence-electron chi connectivity index (χ0n) is 12.2. The van der Waals surface area contributed by atoms with E-state index in [4.69, 9.17) is 9.15 Å². The topological polar surface area (TPSA) is 64.4 Å². The zero-order valence-corrected chi connectivity index (χ0v) is 14.6. The van der Waals surface area contributed by atoms with Gasteiger partial charge in [0.25, 0.3) is 5.91 Å². The highest BCUT2D eigenvalue weighted by atomic mass is 79.9. The second-order valence-corrected chi connectivity index (χ2v) is 6.30.